The average molecular weight is 299 g/mol. The standard InChI is InChI=1S/C17H24F3N/c1-10(2)11-4-5-12(9-21-3)14(8-11)13-6-7-15(18)17(20)16(13)19/h6-7,10-12,14,21H,4-5,8-9H2,1-3H3. The van der Waals surface area contributed by atoms with Crippen LogP contribution in [0.1, 0.15) is 44.6 Å². The van der Waals surface area contributed by atoms with Gasteiger partial charge in [-0.2, -0.15) is 0 Å². The van der Waals surface area contributed by atoms with Crippen LogP contribution in [0.4, 0.5) is 13.2 Å². The fourth-order valence-corrected chi connectivity index (χ4v) is 3.59. The molecule has 1 nitrogen and oxygen atoms in total. The molecule has 1 aliphatic carbocycles. The van der Waals surface area contributed by atoms with Crippen molar-refractivity contribution < 1.29 is 13.2 Å². The zero-order valence-corrected chi connectivity index (χ0v) is 12.9. The maximum absolute atomic E-state index is 14.2. The molecule has 21 heavy (non-hydrogen) atoms. The van der Waals surface area contributed by atoms with Crippen LogP contribution >= 0.6 is 0 Å². The maximum atomic E-state index is 14.2. The molecule has 3 atom stereocenters. The molecular weight excluding hydrogens is 275 g/mol. The first-order chi connectivity index (χ1) is 9.95. The Morgan fingerprint density at radius 1 is 1.14 bits per heavy atom. The smallest absolute Gasteiger partial charge is 0.194 e. The molecule has 0 radical (unpaired) electrons. The normalized spacial score (nSPS) is 26.3. The van der Waals surface area contributed by atoms with Crippen molar-refractivity contribution in [1.29, 1.82) is 0 Å². The van der Waals surface area contributed by atoms with Crippen LogP contribution < -0.4 is 5.32 Å². The van der Waals surface area contributed by atoms with Crippen LogP contribution in [-0.4, -0.2) is 13.6 Å². The Hall–Kier alpha value is -1.03. The number of nitrogens with one attached hydrogen (secondary N) is 1. The van der Waals surface area contributed by atoms with E-state index in [0.717, 1.165) is 31.9 Å². The average Bonchev–Trinajstić information content (AvgIpc) is 2.46. The van der Waals surface area contributed by atoms with Gasteiger partial charge < -0.3 is 5.32 Å². The second-order valence-corrected chi connectivity index (χ2v) is 6.51. The van der Waals surface area contributed by atoms with Crippen LogP contribution in [0.25, 0.3) is 0 Å². The highest BCUT2D eigenvalue weighted by atomic mass is 19.2. The quantitative estimate of drug-likeness (QED) is 0.808. The summed E-state index contributed by atoms with van der Waals surface area (Å²) in [4.78, 5) is 0. The van der Waals surface area contributed by atoms with Crippen molar-refractivity contribution in [2.75, 3.05) is 13.6 Å². The van der Waals surface area contributed by atoms with Gasteiger partial charge in [0.2, 0.25) is 0 Å². The van der Waals surface area contributed by atoms with Gasteiger partial charge in [0.1, 0.15) is 0 Å². The van der Waals surface area contributed by atoms with E-state index >= 15 is 0 Å². The van der Waals surface area contributed by atoms with E-state index in [1.165, 1.54) is 6.07 Å². The van der Waals surface area contributed by atoms with Gasteiger partial charge in [0, 0.05) is 0 Å². The Bertz CT molecular complexity index is 487. The number of rotatable bonds is 4. The van der Waals surface area contributed by atoms with Gasteiger partial charge in [-0.3, -0.25) is 0 Å². The molecule has 1 saturated carbocycles. The van der Waals surface area contributed by atoms with E-state index in [1.807, 2.05) is 7.05 Å². The Morgan fingerprint density at radius 2 is 1.86 bits per heavy atom. The van der Waals surface area contributed by atoms with Crippen molar-refractivity contribution in [3.8, 4) is 0 Å². The van der Waals surface area contributed by atoms with Gasteiger partial charge in [-0.15, -0.1) is 0 Å². The summed E-state index contributed by atoms with van der Waals surface area (Å²) in [5.41, 5.74) is 0.333. The van der Waals surface area contributed by atoms with Crippen LogP contribution in [0.2, 0.25) is 0 Å². The van der Waals surface area contributed by atoms with Crippen LogP contribution in [-0.2, 0) is 0 Å². The van der Waals surface area contributed by atoms with Gasteiger partial charge in [0.25, 0.3) is 0 Å². The van der Waals surface area contributed by atoms with Crippen LogP contribution in [0.5, 0.6) is 0 Å². The first-order valence-corrected chi connectivity index (χ1v) is 7.73. The Kier molecular flexibility index (Phi) is 5.31. The minimum atomic E-state index is -1.35. The minimum Gasteiger partial charge on any atom is -0.319 e. The Morgan fingerprint density at radius 3 is 2.48 bits per heavy atom. The lowest BCUT2D eigenvalue weighted by Crippen LogP contribution is -2.32. The second kappa shape index (κ2) is 6.82. The molecule has 1 N–H and O–H groups in total. The van der Waals surface area contributed by atoms with Crippen molar-refractivity contribution in [3.05, 3.63) is 35.1 Å². The molecule has 2 rings (SSSR count). The fraction of sp³-hybridized carbons (Fsp3) is 0.647. The summed E-state index contributed by atoms with van der Waals surface area (Å²) in [6.07, 6.45) is 2.95. The van der Waals surface area contributed by atoms with Gasteiger partial charge in [0.05, 0.1) is 0 Å². The van der Waals surface area contributed by atoms with E-state index in [9.17, 15) is 13.2 Å². The molecule has 0 saturated heterocycles. The summed E-state index contributed by atoms with van der Waals surface area (Å²) < 4.78 is 40.9. The Labute approximate surface area is 124 Å². The monoisotopic (exact) mass is 299 g/mol. The van der Waals surface area contributed by atoms with E-state index in [1.54, 1.807) is 0 Å². The van der Waals surface area contributed by atoms with Gasteiger partial charge in [-0.25, -0.2) is 13.2 Å². The SMILES string of the molecule is CNCC1CCC(C(C)C)CC1c1ccc(F)c(F)c1F. The predicted octanol–water partition coefficient (Wildman–Crippen LogP) is 4.48. The molecule has 0 aliphatic heterocycles. The molecule has 3 unspecified atom stereocenters. The highest BCUT2D eigenvalue weighted by molar-refractivity contribution is 5.25. The molecule has 0 amide bonds. The molecule has 0 aromatic heterocycles. The van der Waals surface area contributed by atoms with Crippen molar-refractivity contribution in [3.63, 3.8) is 0 Å². The molecule has 118 valence electrons. The molecule has 4 heteroatoms. The lowest BCUT2D eigenvalue weighted by molar-refractivity contribution is 0.189. The van der Waals surface area contributed by atoms with Gasteiger partial charge in [-0.1, -0.05) is 19.9 Å². The summed E-state index contributed by atoms with van der Waals surface area (Å²) in [6.45, 7) is 5.11. The first-order valence-electron chi connectivity index (χ1n) is 7.73. The fourth-order valence-electron chi connectivity index (χ4n) is 3.59. The molecule has 1 aliphatic rings. The van der Waals surface area contributed by atoms with E-state index in [0.29, 0.717) is 17.4 Å². The van der Waals surface area contributed by atoms with E-state index < -0.39 is 17.5 Å². The van der Waals surface area contributed by atoms with Crippen molar-refractivity contribution >= 4 is 0 Å². The first kappa shape index (κ1) is 16.3. The molecule has 0 bridgehead atoms. The van der Waals surface area contributed by atoms with Gasteiger partial charge in [0.15, 0.2) is 17.5 Å². The third-order valence-electron chi connectivity index (χ3n) is 4.91. The van der Waals surface area contributed by atoms with Crippen molar-refractivity contribution in [2.45, 2.75) is 39.0 Å². The summed E-state index contributed by atoms with van der Waals surface area (Å²) in [5.74, 6) is -2.21. The van der Waals surface area contributed by atoms with Crippen molar-refractivity contribution in [1.82, 2.24) is 5.32 Å². The molecule has 0 heterocycles. The Balaban J connectivity index is 2.33. The lowest BCUT2D eigenvalue weighted by atomic mass is 9.68. The zero-order valence-electron chi connectivity index (χ0n) is 12.9. The maximum Gasteiger partial charge on any atom is 0.194 e. The lowest BCUT2D eigenvalue weighted by Gasteiger charge is -2.38. The molecule has 1 aromatic carbocycles. The van der Waals surface area contributed by atoms with E-state index in [-0.39, 0.29) is 11.8 Å². The summed E-state index contributed by atoms with van der Waals surface area (Å²) >= 11 is 0. The molecular formula is C17H24F3N. The molecule has 1 aromatic rings. The van der Waals surface area contributed by atoms with Crippen LogP contribution in [0, 0.1) is 35.2 Å². The van der Waals surface area contributed by atoms with E-state index in [4.69, 9.17) is 0 Å². The summed E-state index contributed by atoms with van der Waals surface area (Å²) in [7, 11) is 1.87. The second-order valence-electron chi connectivity index (χ2n) is 6.51. The zero-order chi connectivity index (χ0) is 15.6. The third-order valence-corrected chi connectivity index (χ3v) is 4.91. The largest absolute Gasteiger partial charge is 0.319 e. The summed E-state index contributed by atoms with van der Waals surface area (Å²) in [5, 5.41) is 3.14. The topological polar surface area (TPSA) is 12.0 Å². The van der Waals surface area contributed by atoms with Crippen molar-refractivity contribution in [2.24, 2.45) is 17.8 Å². The van der Waals surface area contributed by atoms with Gasteiger partial charge in [-0.05, 0) is 68.2 Å². The van der Waals surface area contributed by atoms with Crippen LogP contribution in [0.3, 0.4) is 0 Å². The number of benzene rings is 1. The van der Waals surface area contributed by atoms with Crippen LogP contribution in [0.15, 0.2) is 12.1 Å². The predicted molar refractivity (Wildman–Crippen MR) is 78.7 cm³/mol. The summed E-state index contributed by atoms with van der Waals surface area (Å²) in [6, 6.07) is 2.47. The van der Waals surface area contributed by atoms with Gasteiger partial charge >= 0.3 is 0 Å². The molecule has 0 spiro atoms. The minimum absolute atomic E-state index is 0.0475. The number of hydrogen-bond donors (Lipinski definition) is 1. The highest BCUT2D eigenvalue weighted by Gasteiger charge is 2.34. The van der Waals surface area contributed by atoms with E-state index in [2.05, 4.69) is 19.2 Å². The number of halogens is 3. The third kappa shape index (κ3) is 3.42. The highest BCUT2D eigenvalue weighted by Crippen LogP contribution is 2.44. The molecule has 1 fully saturated rings. The number of hydrogen-bond acceptors (Lipinski definition) is 1.